The minimum Gasteiger partial charge on any atom is -0.309 e. The summed E-state index contributed by atoms with van der Waals surface area (Å²) in [5, 5.41) is 0. The third-order valence-corrected chi connectivity index (χ3v) is 3.03. The van der Waals surface area contributed by atoms with Gasteiger partial charge in [-0.05, 0) is 58.2 Å². The van der Waals surface area contributed by atoms with Crippen LogP contribution in [0.5, 0.6) is 0 Å². The van der Waals surface area contributed by atoms with E-state index in [0.29, 0.717) is 0 Å². The zero-order chi connectivity index (χ0) is 12.7. The molecule has 2 heteroatoms. The predicted octanol–water partition coefficient (Wildman–Crippen LogP) is 2.63. The van der Waals surface area contributed by atoms with Gasteiger partial charge in [-0.3, -0.25) is 0 Å². The van der Waals surface area contributed by atoms with Gasteiger partial charge in [0.15, 0.2) is 0 Å². The van der Waals surface area contributed by atoms with E-state index in [1.54, 1.807) is 0 Å². The van der Waals surface area contributed by atoms with Gasteiger partial charge >= 0.3 is 0 Å². The van der Waals surface area contributed by atoms with Crippen molar-refractivity contribution >= 4 is 0 Å². The lowest BCUT2D eigenvalue weighted by atomic mass is 10.1. The second-order valence-corrected chi connectivity index (χ2v) is 5.06. The smallest absolute Gasteiger partial charge is 0.0230 e. The normalized spacial score (nSPS) is 11.4. The summed E-state index contributed by atoms with van der Waals surface area (Å²) < 4.78 is 0. The second-order valence-electron chi connectivity index (χ2n) is 5.06. The van der Waals surface area contributed by atoms with Crippen LogP contribution in [-0.4, -0.2) is 44.0 Å². The lowest BCUT2D eigenvalue weighted by molar-refractivity contribution is 0.294. The highest BCUT2D eigenvalue weighted by Gasteiger charge is 2.00. The molecule has 0 amide bonds. The molecule has 0 saturated carbocycles. The molecular weight excluding hydrogens is 208 g/mol. The summed E-state index contributed by atoms with van der Waals surface area (Å²) in [5.74, 6) is 0. The van der Waals surface area contributed by atoms with Gasteiger partial charge in [-0.2, -0.15) is 0 Å². The number of benzene rings is 1. The fraction of sp³-hybridized carbons (Fsp3) is 0.600. The highest BCUT2D eigenvalue weighted by molar-refractivity contribution is 5.22. The number of rotatable bonds is 7. The number of hydrogen-bond donors (Lipinski definition) is 0. The Morgan fingerprint density at radius 3 is 2.00 bits per heavy atom. The van der Waals surface area contributed by atoms with Crippen LogP contribution in [0.25, 0.3) is 0 Å². The number of hydrogen-bond acceptors (Lipinski definition) is 2. The summed E-state index contributed by atoms with van der Waals surface area (Å²) >= 11 is 0. The van der Waals surface area contributed by atoms with Crippen molar-refractivity contribution in [3.63, 3.8) is 0 Å². The Hall–Kier alpha value is -0.860. The molecule has 1 aromatic rings. The van der Waals surface area contributed by atoms with E-state index in [4.69, 9.17) is 0 Å². The maximum Gasteiger partial charge on any atom is 0.0230 e. The summed E-state index contributed by atoms with van der Waals surface area (Å²) in [6.45, 7) is 5.58. The summed E-state index contributed by atoms with van der Waals surface area (Å²) in [4.78, 5) is 4.63. The maximum atomic E-state index is 2.39. The summed E-state index contributed by atoms with van der Waals surface area (Å²) in [7, 11) is 6.45. The molecule has 1 aromatic carbocycles. The fourth-order valence-electron chi connectivity index (χ4n) is 1.93. The zero-order valence-electron chi connectivity index (χ0n) is 11.7. The first-order valence-electron chi connectivity index (χ1n) is 6.53. The summed E-state index contributed by atoms with van der Waals surface area (Å²) in [6.07, 6.45) is 2.36. The Balaban J connectivity index is 2.31. The molecule has 0 aliphatic rings. The first kappa shape index (κ1) is 14.2. The van der Waals surface area contributed by atoms with E-state index < -0.39 is 0 Å². The van der Waals surface area contributed by atoms with Crippen LogP contribution in [-0.2, 0) is 13.0 Å². The lowest BCUT2D eigenvalue weighted by Gasteiger charge is -2.18. The van der Waals surface area contributed by atoms with Crippen molar-refractivity contribution in [1.82, 2.24) is 9.80 Å². The van der Waals surface area contributed by atoms with Gasteiger partial charge in [0, 0.05) is 6.54 Å². The zero-order valence-corrected chi connectivity index (χ0v) is 11.7. The number of aryl methyl sites for hydroxylation is 1. The highest BCUT2D eigenvalue weighted by Crippen LogP contribution is 2.07. The van der Waals surface area contributed by atoms with Crippen molar-refractivity contribution in [2.45, 2.75) is 26.3 Å². The third-order valence-electron chi connectivity index (χ3n) is 3.03. The van der Waals surface area contributed by atoms with E-state index in [1.165, 1.54) is 24.1 Å². The molecule has 96 valence electrons. The average molecular weight is 234 g/mol. The third kappa shape index (κ3) is 5.85. The minimum atomic E-state index is 1.05. The van der Waals surface area contributed by atoms with Crippen LogP contribution in [0.1, 0.15) is 24.5 Å². The van der Waals surface area contributed by atoms with Crippen molar-refractivity contribution in [2.75, 3.05) is 34.2 Å². The van der Waals surface area contributed by atoms with Gasteiger partial charge < -0.3 is 9.80 Å². The van der Waals surface area contributed by atoms with Crippen molar-refractivity contribution < 1.29 is 0 Å². The monoisotopic (exact) mass is 234 g/mol. The van der Waals surface area contributed by atoms with Gasteiger partial charge in [0.2, 0.25) is 0 Å². The van der Waals surface area contributed by atoms with E-state index in [2.05, 4.69) is 62.1 Å². The van der Waals surface area contributed by atoms with Gasteiger partial charge in [-0.15, -0.1) is 0 Å². The Morgan fingerprint density at radius 1 is 0.882 bits per heavy atom. The van der Waals surface area contributed by atoms with E-state index in [0.717, 1.165) is 19.5 Å². The Morgan fingerprint density at radius 2 is 1.47 bits per heavy atom. The van der Waals surface area contributed by atoms with Gasteiger partial charge in [0.1, 0.15) is 0 Å². The average Bonchev–Trinajstić information content (AvgIpc) is 2.29. The Bertz CT molecular complexity index is 303. The molecular formula is C15H26N2. The summed E-state index contributed by atoms with van der Waals surface area (Å²) in [6, 6.07) is 8.98. The Kier molecular flexibility index (Phi) is 6.23. The van der Waals surface area contributed by atoms with Crippen LogP contribution < -0.4 is 0 Å². The first-order chi connectivity index (χ1) is 8.11. The molecule has 0 heterocycles. The molecule has 0 atom stereocenters. The quantitative estimate of drug-likeness (QED) is 0.715. The molecule has 1 rings (SSSR count). The van der Waals surface area contributed by atoms with Gasteiger partial charge in [0.05, 0.1) is 0 Å². The predicted molar refractivity (Wildman–Crippen MR) is 75.3 cm³/mol. The molecule has 2 nitrogen and oxygen atoms in total. The topological polar surface area (TPSA) is 6.48 Å². The van der Waals surface area contributed by atoms with Crippen LogP contribution >= 0.6 is 0 Å². The van der Waals surface area contributed by atoms with E-state index in [-0.39, 0.29) is 0 Å². The van der Waals surface area contributed by atoms with Crippen LogP contribution in [0.4, 0.5) is 0 Å². The minimum absolute atomic E-state index is 1.05. The first-order valence-corrected chi connectivity index (χ1v) is 6.53. The molecule has 17 heavy (non-hydrogen) atoms. The van der Waals surface area contributed by atoms with Gasteiger partial charge in [-0.25, -0.2) is 0 Å². The molecule has 0 radical (unpaired) electrons. The highest BCUT2D eigenvalue weighted by atomic mass is 15.1. The molecule has 0 fully saturated rings. The standard InChI is InChI=1S/C15H26N2/c1-5-14-7-9-15(10-8-14)13-17(4)12-6-11-16(2)3/h7-10H,5-6,11-13H2,1-4H3. The van der Waals surface area contributed by atoms with Crippen molar-refractivity contribution in [2.24, 2.45) is 0 Å². The van der Waals surface area contributed by atoms with Crippen molar-refractivity contribution in [3.05, 3.63) is 35.4 Å². The second kappa shape index (κ2) is 7.46. The van der Waals surface area contributed by atoms with Crippen molar-refractivity contribution in [3.8, 4) is 0 Å². The van der Waals surface area contributed by atoms with Crippen molar-refractivity contribution in [1.29, 1.82) is 0 Å². The lowest BCUT2D eigenvalue weighted by Crippen LogP contribution is -2.23. The molecule has 0 aliphatic heterocycles. The molecule has 0 unspecified atom stereocenters. The molecule has 0 N–H and O–H groups in total. The van der Waals surface area contributed by atoms with Crippen LogP contribution in [0.3, 0.4) is 0 Å². The molecule has 0 aromatic heterocycles. The van der Waals surface area contributed by atoms with Gasteiger partial charge in [-0.1, -0.05) is 31.2 Å². The SMILES string of the molecule is CCc1ccc(CN(C)CCCN(C)C)cc1. The molecule has 0 aliphatic carbocycles. The Labute approximate surface area is 106 Å². The largest absolute Gasteiger partial charge is 0.309 e. The molecule has 0 bridgehead atoms. The maximum absolute atomic E-state index is 2.39. The molecule has 0 spiro atoms. The summed E-state index contributed by atoms with van der Waals surface area (Å²) in [5.41, 5.74) is 2.83. The van der Waals surface area contributed by atoms with E-state index in [1.807, 2.05) is 0 Å². The van der Waals surface area contributed by atoms with Crippen LogP contribution in [0.2, 0.25) is 0 Å². The fourth-order valence-corrected chi connectivity index (χ4v) is 1.93. The molecule has 0 saturated heterocycles. The van der Waals surface area contributed by atoms with E-state index in [9.17, 15) is 0 Å². The number of nitrogens with zero attached hydrogens (tertiary/aromatic N) is 2. The van der Waals surface area contributed by atoms with Crippen LogP contribution in [0.15, 0.2) is 24.3 Å². The van der Waals surface area contributed by atoms with Gasteiger partial charge in [0.25, 0.3) is 0 Å². The van der Waals surface area contributed by atoms with E-state index >= 15 is 0 Å². The van der Waals surface area contributed by atoms with Crippen LogP contribution in [0, 0.1) is 0 Å².